The predicted molar refractivity (Wildman–Crippen MR) is 72.4 cm³/mol. The van der Waals surface area contributed by atoms with E-state index in [1.54, 1.807) is 6.07 Å². The van der Waals surface area contributed by atoms with Crippen LogP contribution in [0.15, 0.2) is 17.2 Å². The molecule has 0 amide bonds. The number of nitrogens with one attached hydrogen (secondary N) is 1. The average molecular weight is 259 g/mol. The van der Waals surface area contributed by atoms with Crippen LogP contribution in [0.1, 0.15) is 50.3 Å². The van der Waals surface area contributed by atoms with Crippen molar-refractivity contribution in [2.75, 3.05) is 0 Å². The molecule has 4 bridgehead atoms. The second kappa shape index (κ2) is 3.92. The van der Waals surface area contributed by atoms with Crippen LogP contribution in [-0.4, -0.2) is 9.97 Å². The lowest BCUT2D eigenvalue weighted by molar-refractivity contribution is -0.0684. The van der Waals surface area contributed by atoms with Crippen molar-refractivity contribution in [1.82, 2.24) is 9.97 Å². The number of aromatic nitrogens is 2. The highest BCUT2D eigenvalue weighted by atomic mass is 16.1. The van der Waals surface area contributed by atoms with E-state index in [1.165, 1.54) is 44.9 Å². The molecule has 4 saturated carbocycles. The molecule has 4 aliphatic rings. The van der Waals surface area contributed by atoms with Gasteiger partial charge in [-0.25, -0.2) is 4.98 Å². The van der Waals surface area contributed by atoms with Gasteiger partial charge in [-0.15, -0.1) is 0 Å². The maximum absolute atomic E-state index is 11.5. The van der Waals surface area contributed by atoms with E-state index in [0.717, 1.165) is 23.4 Å². The molecule has 3 N–H and O–H groups in total. The molecule has 0 spiro atoms. The van der Waals surface area contributed by atoms with Crippen LogP contribution in [0.3, 0.4) is 0 Å². The van der Waals surface area contributed by atoms with Crippen molar-refractivity contribution in [2.45, 2.75) is 44.6 Å². The highest BCUT2D eigenvalue weighted by Gasteiger charge is 2.53. The normalized spacial score (nSPS) is 41.4. The Balaban J connectivity index is 1.69. The van der Waals surface area contributed by atoms with Crippen LogP contribution in [0.2, 0.25) is 0 Å². The first kappa shape index (κ1) is 11.6. The van der Waals surface area contributed by atoms with Crippen molar-refractivity contribution < 1.29 is 0 Å². The van der Waals surface area contributed by atoms with Crippen LogP contribution in [0, 0.1) is 23.2 Å². The van der Waals surface area contributed by atoms with Gasteiger partial charge in [0.05, 0.1) is 18.1 Å². The Morgan fingerprint density at radius 2 is 1.79 bits per heavy atom. The summed E-state index contributed by atoms with van der Waals surface area (Å²) in [7, 11) is 0. The van der Waals surface area contributed by atoms with Gasteiger partial charge in [0.15, 0.2) is 0 Å². The van der Waals surface area contributed by atoms with Crippen LogP contribution in [-0.2, 0) is 0 Å². The third kappa shape index (κ3) is 1.76. The van der Waals surface area contributed by atoms with E-state index in [4.69, 9.17) is 5.73 Å². The van der Waals surface area contributed by atoms with E-state index >= 15 is 0 Å². The van der Waals surface area contributed by atoms with Crippen molar-refractivity contribution in [1.29, 1.82) is 0 Å². The number of hydrogen-bond donors (Lipinski definition) is 2. The fraction of sp³-hybridized carbons (Fsp3) is 0.733. The molecular weight excluding hydrogens is 238 g/mol. The lowest BCUT2D eigenvalue weighted by atomic mass is 9.47. The minimum atomic E-state index is -0.0924. The molecule has 0 saturated heterocycles. The topological polar surface area (TPSA) is 71.8 Å². The van der Waals surface area contributed by atoms with Gasteiger partial charge in [-0.2, -0.15) is 0 Å². The summed E-state index contributed by atoms with van der Waals surface area (Å²) in [5.74, 6) is 2.62. The van der Waals surface area contributed by atoms with Gasteiger partial charge in [-0.1, -0.05) is 0 Å². The Morgan fingerprint density at radius 1 is 1.21 bits per heavy atom. The maximum atomic E-state index is 11.5. The molecule has 4 fully saturated rings. The first-order chi connectivity index (χ1) is 9.14. The van der Waals surface area contributed by atoms with Crippen LogP contribution in [0.25, 0.3) is 0 Å². The molecular formula is C15H21N3O. The Morgan fingerprint density at radius 3 is 2.32 bits per heavy atom. The standard InChI is InChI=1S/C15H21N3O/c16-14(12-4-13(19)18-8-17-12)15-5-9-1-10(6-15)3-11(2-9)7-15/h4,8-11,14H,1-3,5-7,16H2,(H,17,18,19). The van der Waals surface area contributed by atoms with Gasteiger partial charge in [0.1, 0.15) is 0 Å². The van der Waals surface area contributed by atoms with Crippen LogP contribution >= 0.6 is 0 Å². The molecule has 1 unspecified atom stereocenters. The Hall–Kier alpha value is -1.16. The Bertz CT molecular complexity index is 515. The molecule has 1 aromatic rings. The number of nitrogens with two attached hydrogens (primary N) is 1. The molecule has 19 heavy (non-hydrogen) atoms. The summed E-state index contributed by atoms with van der Waals surface area (Å²) in [4.78, 5) is 18.4. The molecule has 1 atom stereocenters. The summed E-state index contributed by atoms with van der Waals surface area (Å²) in [6.07, 6.45) is 9.45. The summed E-state index contributed by atoms with van der Waals surface area (Å²) in [6.45, 7) is 0. The van der Waals surface area contributed by atoms with Gasteiger partial charge >= 0.3 is 0 Å². The molecule has 0 aliphatic heterocycles. The highest BCUT2D eigenvalue weighted by molar-refractivity contribution is 5.14. The molecule has 102 valence electrons. The van der Waals surface area contributed by atoms with Gasteiger partial charge in [-0.05, 0) is 61.7 Å². The van der Waals surface area contributed by atoms with Gasteiger partial charge in [0.2, 0.25) is 0 Å². The van der Waals surface area contributed by atoms with Gasteiger partial charge in [0, 0.05) is 6.07 Å². The number of H-pyrrole nitrogens is 1. The first-order valence-corrected chi connectivity index (χ1v) is 7.45. The van der Waals surface area contributed by atoms with E-state index in [2.05, 4.69) is 9.97 Å². The molecule has 0 radical (unpaired) electrons. The van der Waals surface area contributed by atoms with Crippen molar-refractivity contribution >= 4 is 0 Å². The molecule has 5 rings (SSSR count). The zero-order valence-corrected chi connectivity index (χ0v) is 11.1. The largest absolute Gasteiger partial charge is 0.322 e. The number of rotatable bonds is 2. The zero-order chi connectivity index (χ0) is 13.0. The molecule has 1 aromatic heterocycles. The Labute approximate surface area is 112 Å². The maximum Gasteiger partial charge on any atom is 0.250 e. The smallest absolute Gasteiger partial charge is 0.250 e. The number of aromatic amines is 1. The summed E-state index contributed by atoms with van der Waals surface area (Å²) < 4.78 is 0. The van der Waals surface area contributed by atoms with Crippen molar-refractivity contribution in [3.63, 3.8) is 0 Å². The van der Waals surface area contributed by atoms with Gasteiger partial charge < -0.3 is 10.7 Å². The minimum Gasteiger partial charge on any atom is -0.322 e. The van der Waals surface area contributed by atoms with Crippen molar-refractivity contribution in [3.8, 4) is 0 Å². The fourth-order valence-corrected chi connectivity index (χ4v) is 5.43. The van der Waals surface area contributed by atoms with E-state index in [-0.39, 0.29) is 17.0 Å². The highest BCUT2D eigenvalue weighted by Crippen LogP contribution is 2.63. The van der Waals surface area contributed by atoms with E-state index in [1.807, 2.05) is 0 Å². The van der Waals surface area contributed by atoms with Crippen LogP contribution in [0.4, 0.5) is 0 Å². The summed E-state index contributed by atoms with van der Waals surface area (Å²) in [6, 6.07) is 1.52. The van der Waals surface area contributed by atoms with Crippen LogP contribution in [0.5, 0.6) is 0 Å². The molecule has 1 heterocycles. The molecule has 4 aliphatic carbocycles. The van der Waals surface area contributed by atoms with E-state index in [9.17, 15) is 4.79 Å². The molecule has 4 nitrogen and oxygen atoms in total. The monoisotopic (exact) mass is 259 g/mol. The third-order valence-electron chi connectivity index (χ3n) is 5.76. The number of nitrogens with zero attached hydrogens (tertiary/aromatic N) is 1. The zero-order valence-electron chi connectivity index (χ0n) is 11.1. The van der Waals surface area contributed by atoms with Gasteiger partial charge in [-0.3, -0.25) is 4.79 Å². The van der Waals surface area contributed by atoms with Crippen LogP contribution < -0.4 is 11.3 Å². The van der Waals surface area contributed by atoms with Crippen molar-refractivity contribution in [2.24, 2.45) is 28.9 Å². The number of hydrogen-bond acceptors (Lipinski definition) is 3. The lowest BCUT2D eigenvalue weighted by Gasteiger charge is -2.58. The molecule has 0 aromatic carbocycles. The lowest BCUT2D eigenvalue weighted by Crippen LogP contribution is -2.51. The summed E-state index contributed by atoms with van der Waals surface area (Å²) in [5.41, 5.74) is 7.46. The Kier molecular flexibility index (Phi) is 2.40. The van der Waals surface area contributed by atoms with E-state index < -0.39 is 0 Å². The van der Waals surface area contributed by atoms with Crippen molar-refractivity contribution in [3.05, 3.63) is 28.4 Å². The predicted octanol–water partition coefficient (Wildman–Crippen LogP) is 1.99. The second-order valence-electron chi connectivity index (χ2n) is 7.09. The minimum absolute atomic E-state index is 0.0665. The third-order valence-corrected chi connectivity index (χ3v) is 5.76. The second-order valence-corrected chi connectivity index (χ2v) is 7.09. The van der Waals surface area contributed by atoms with E-state index in [0.29, 0.717) is 0 Å². The summed E-state index contributed by atoms with van der Waals surface area (Å²) >= 11 is 0. The SMILES string of the molecule is NC(c1cc(=O)[nH]cn1)C12CC3CC(CC(C3)C1)C2. The first-order valence-electron chi connectivity index (χ1n) is 7.45. The quantitative estimate of drug-likeness (QED) is 0.853. The fourth-order valence-electron chi connectivity index (χ4n) is 5.43. The summed E-state index contributed by atoms with van der Waals surface area (Å²) in [5, 5.41) is 0. The van der Waals surface area contributed by atoms with Gasteiger partial charge in [0.25, 0.3) is 5.56 Å². The average Bonchev–Trinajstić information content (AvgIpc) is 2.36. The molecule has 4 heteroatoms.